The van der Waals surface area contributed by atoms with Gasteiger partial charge in [0, 0.05) is 13.6 Å². The summed E-state index contributed by atoms with van der Waals surface area (Å²) in [5, 5.41) is 13.6. The number of nitrogens with one attached hydrogen (secondary N) is 1. The number of nitrogens with zero attached hydrogens (tertiary/aromatic N) is 5. The molecule has 0 spiro atoms. The number of aryl methyl sites for hydroxylation is 3. The maximum Gasteiger partial charge on any atom is 0.173 e. The van der Waals surface area contributed by atoms with Crippen LogP contribution in [0.2, 0.25) is 5.02 Å². The first kappa shape index (κ1) is 21.3. The van der Waals surface area contributed by atoms with Crippen molar-refractivity contribution in [3.8, 4) is 0 Å². The molecule has 0 fully saturated rings. The van der Waals surface area contributed by atoms with Crippen molar-refractivity contribution in [2.45, 2.75) is 47.3 Å². The van der Waals surface area contributed by atoms with E-state index in [1.54, 1.807) is 6.20 Å². The Labute approximate surface area is 182 Å². The van der Waals surface area contributed by atoms with E-state index in [1.807, 2.05) is 35.2 Å². The summed E-state index contributed by atoms with van der Waals surface area (Å²) in [5.41, 5.74) is 6.34. The van der Waals surface area contributed by atoms with Crippen LogP contribution in [0.15, 0.2) is 30.5 Å². The van der Waals surface area contributed by atoms with Crippen LogP contribution in [0.5, 0.6) is 0 Å². The van der Waals surface area contributed by atoms with E-state index in [0.29, 0.717) is 16.7 Å². The lowest BCUT2D eigenvalue weighted by atomic mass is 10.1. The molecule has 8 heteroatoms. The smallest absolute Gasteiger partial charge is 0.173 e. The van der Waals surface area contributed by atoms with E-state index in [9.17, 15) is 0 Å². The molecule has 0 bridgehead atoms. The van der Waals surface area contributed by atoms with Gasteiger partial charge < -0.3 is 10.2 Å². The third-order valence-electron chi connectivity index (χ3n) is 5.00. The molecule has 0 aliphatic carbocycles. The van der Waals surface area contributed by atoms with E-state index in [0.717, 1.165) is 35.9 Å². The highest BCUT2D eigenvalue weighted by atomic mass is 35.5. The van der Waals surface area contributed by atoms with Crippen LogP contribution in [-0.2, 0) is 19.6 Å². The highest BCUT2D eigenvalue weighted by molar-refractivity contribution is 7.80. The third-order valence-corrected chi connectivity index (χ3v) is 5.73. The molecule has 0 amide bonds. The number of hydrogen-bond acceptors (Lipinski definition) is 3. The fourth-order valence-electron chi connectivity index (χ4n) is 3.21. The van der Waals surface area contributed by atoms with E-state index in [4.69, 9.17) is 28.9 Å². The molecule has 29 heavy (non-hydrogen) atoms. The van der Waals surface area contributed by atoms with Crippen LogP contribution in [-0.4, -0.2) is 36.6 Å². The summed E-state index contributed by atoms with van der Waals surface area (Å²) in [4.78, 5) is 1.96. The lowest BCUT2D eigenvalue weighted by Gasteiger charge is -2.22. The number of benzene rings is 1. The Hall–Kier alpha value is -2.38. The Morgan fingerprint density at radius 2 is 1.86 bits per heavy atom. The first-order valence-electron chi connectivity index (χ1n) is 9.62. The minimum Gasteiger partial charge on any atom is -0.346 e. The molecule has 3 rings (SSSR count). The molecule has 0 atom stereocenters. The van der Waals surface area contributed by atoms with Gasteiger partial charge in [-0.3, -0.25) is 9.36 Å². The molecule has 0 saturated carbocycles. The van der Waals surface area contributed by atoms with Crippen molar-refractivity contribution >= 4 is 34.6 Å². The van der Waals surface area contributed by atoms with Gasteiger partial charge >= 0.3 is 0 Å². The first-order chi connectivity index (χ1) is 13.8. The molecule has 0 aliphatic rings. The largest absolute Gasteiger partial charge is 0.346 e. The van der Waals surface area contributed by atoms with Crippen LogP contribution in [0.25, 0.3) is 0 Å². The quantitative estimate of drug-likeness (QED) is 0.581. The molecule has 6 nitrogen and oxygen atoms in total. The van der Waals surface area contributed by atoms with Gasteiger partial charge in [-0.15, -0.1) is 0 Å². The highest BCUT2D eigenvalue weighted by Crippen LogP contribution is 2.22. The van der Waals surface area contributed by atoms with Gasteiger partial charge in [0.05, 0.1) is 47.1 Å². The van der Waals surface area contributed by atoms with Crippen LogP contribution >= 0.6 is 23.8 Å². The van der Waals surface area contributed by atoms with Crippen molar-refractivity contribution in [1.29, 1.82) is 0 Å². The number of rotatable bonds is 6. The van der Waals surface area contributed by atoms with E-state index in [-0.39, 0.29) is 0 Å². The number of halogens is 1. The maximum absolute atomic E-state index is 6.29. The zero-order valence-corrected chi connectivity index (χ0v) is 19.1. The van der Waals surface area contributed by atoms with E-state index < -0.39 is 0 Å². The Morgan fingerprint density at radius 3 is 2.52 bits per heavy atom. The van der Waals surface area contributed by atoms with Crippen molar-refractivity contribution < 1.29 is 0 Å². The molecule has 0 saturated heterocycles. The van der Waals surface area contributed by atoms with Gasteiger partial charge in [-0.05, 0) is 45.5 Å². The lowest BCUT2D eigenvalue weighted by molar-refractivity contribution is 0.471. The highest BCUT2D eigenvalue weighted by Gasteiger charge is 2.17. The fraction of sp³-hybridized carbons (Fsp3) is 0.381. The average Bonchev–Trinajstić information content (AvgIpc) is 3.17. The van der Waals surface area contributed by atoms with Gasteiger partial charge in [-0.25, -0.2) is 0 Å². The minimum absolute atomic E-state index is 0.577. The van der Waals surface area contributed by atoms with E-state index in [2.05, 4.69) is 48.5 Å². The zero-order valence-electron chi connectivity index (χ0n) is 17.5. The molecule has 3 aromatic rings. The predicted molar refractivity (Wildman–Crippen MR) is 123 cm³/mol. The Bertz CT molecular complexity index is 1010. The van der Waals surface area contributed by atoms with Crippen LogP contribution in [0.3, 0.4) is 0 Å². The number of thiocarbonyl (C=S) groups is 1. The van der Waals surface area contributed by atoms with E-state index in [1.165, 1.54) is 11.1 Å². The van der Waals surface area contributed by atoms with Crippen molar-refractivity contribution in [1.82, 2.24) is 24.5 Å². The van der Waals surface area contributed by atoms with Crippen molar-refractivity contribution in [3.05, 3.63) is 63.7 Å². The molecule has 2 heterocycles. The second kappa shape index (κ2) is 8.97. The summed E-state index contributed by atoms with van der Waals surface area (Å²) in [6.07, 6.45) is 1.67. The molecule has 1 N–H and O–H groups in total. The summed E-state index contributed by atoms with van der Waals surface area (Å²) in [6.45, 7) is 10.2. The molecule has 0 aliphatic heterocycles. The van der Waals surface area contributed by atoms with Crippen LogP contribution in [0, 0.1) is 20.8 Å². The summed E-state index contributed by atoms with van der Waals surface area (Å²) >= 11 is 11.9. The monoisotopic (exact) mass is 430 g/mol. The van der Waals surface area contributed by atoms with Gasteiger partial charge in [-0.1, -0.05) is 41.4 Å². The fourth-order valence-corrected chi connectivity index (χ4v) is 3.58. The molecule has 2 aromatic heterocycles. The van der Waals surface area contributed by atoms with Gasteiger partial charge in [0.15, 0.2) is 5.11 Å². The molecule has 154 valence electrons. The normalized spacial score (nSPS) is 11.0. The first-order valence-corrected chi connectivity index (χ1v) is 10.4. The summed E-state index contributed by atoms with van der Waals surface area (Å²) in [6, 6.07) is 8.52. The number of anilines is 1. The van der Waals surface area contributed by atoms with Crippen molar-refractivity contribution in [2.24, 2.45) is 0 Å². The molecular weight excluding hydrogens is 404 g/mol. The van der Waals surface area contributed by atoms with Crippen LogP contribution in [0.1, 0.15) is 35.1 Å². The average molecular weight is 431 g/mol. The number of aromatic nitrogens is 4. The summed E-state index contributed by atoms with van der Waals surface area (Å²) in [7, 11) is 1.94. The Balaban J connectivity index is 1.72. The topological polar surface area (TPSA) is 50.9 Å². The predicted octanol–water partition coefficient (Wildman–Crippen LogP) is 4.56. The third kappa shape index (κ3) is 4.79. The van der Waals surface area contributed by atoms with Gasteiger partial charge in [0.2, 0.25) is 0 Å². The van der Waals surface area contributed by atoms with Gasteiger partial charge in [0.1, 0.15) is 0 Å². The maximum atomic E-state index is 6.29. The molecule has 1 aromatic carbocycles. The zero-order chi connectivity index (χ0) is 21.1. The number of hydrogen-bond donors (Lipinski definition) is 1. The second-order valence-electron chi connectivity index (χ2n) is 7.23. The van der Waals surface area contributed by atoms with Gasteiger partial charge in [0.25, 0.3) is 0 Å². The molecule has 0 radical (unpaired) electrons. The summed E-state index contributed by atoms with van der Waals surface area (Å²) < 4.78 is 3.89. The lowest BCUT2D eigenvalue weighted by Crippen LogP contribution is -2.32. The molecule has 0 unspecified atom stereocenters. The SMILES string of the molecule is CCn1ncc(Cl)c1CN(C)C(=S)Nc1c(C)nn(Cc2ccc(C)cc2)c1C. The standard InChI is InChI=1S/C21H27ClN6S/c1-6-27-19(18(22)11-23-27)13-26(5)21(29)24-20-15(3)25-28(16(20)4)12-17-9-7-14(2)8-10-17/h7-11H,6,12-13H2,1-5H3,(H,24,29). The van der Waals surface area contributed by atoms with Crippen molar-refractivity contribution in [2.75, 3.05) is 12.4 Å². The minimum atomic E-state index is 0.577. The van der Waals surface area contributed by atoms with Crippen molar-refractivity contribution in [3.63, 3.8) is 0 Å². The Morgan fingerprint density at radius 1 is 1.17 bits per heavy atom. The molecular formula is C21H27ClN6S. The van der Waals surface area contributed by atoms with E-state index >= 15 is 0 Å². The summed E-state index contributed by atoms with van der Waals surface area (Å²) in [5.74, 6) is 0. The van der Waals surface area contributed by atoms with Crippen LogP contribution in [0.4, 0.5) is 5.69 Å². The van der Waals surface area contributed by atoms with Crippen LogP contribution < -0.4 is 5.32 Å². The Kier molecular flexibility index (Phi) is 6.59. The van der Waals surface area contributed by atoms with Gasteiger partial charge in [-0.2, -0.15) is 10.2 Å². The second-order valence-corrected chi connectivity index (χ2v) is 8.02.